The van der Waals surface area contributed by atoms with E-state index in [0.29, 0.717) is 27.2 Å². The Morgan fingerprint density at radius 2 is 1.68 bits per heavy atom. The zero-order chi connectivity index (χ0) is 27.9. The number of methoxy groups -OCH3 is 1. The number of anilines is 2. The van der Waals surface area contributed by atoms with Gasteiger partial charge in [-0.3, -0.25) is 9.59 Å². The monoisotopic (exact) mass is 585 g/mol. The Bertz CT molecular complexity index is 1620. The predicted octanol–water partition coefficient (Wildman–Crippen LogP) is 8.20. The van der Waals surface area contributed by atoms with Gasteiger partial charge in [-0.25, -0.2) is 4.98 Å². The first kappa shape index (κ1) is 27.5. The number of hydrogen-bond acceptors (Lipinski definition) is 6. The van der Waals surface area contributed by atoms with Crippen LogP contribution in [0.4, 0.5) is 10.8 Å². The second kappa shape index (κ2) is 12.8. The second-order valence-corrected chi connectivity index (χ2v) is 11.1. The first-order valence-corrected chi connectivity index (χ1v) is 14.4. The van der Waals surface area contributed by atoms with Gasteiger partial charge in [-0.1, -0.05) is 66.2 Å². The third kappa shape index (κ3) is 6.90. The van der Waals surface area contributed by atoms with Crippen molar-refractivity contribution in [3.8, 4) is 17.0 Å². The molecule has 6 nitrogen and oxygen atoms in total. The van der Waals surface area contributed by atoms with E-state index in [9.17, 15) is 9.59 Å². The van der Waals surface area contributed by atoms with Gasteiger partial charge in [0.25, 0.3) is 5.91 Å². The van der Waals surface area contributed by atoms with Crippen molar-refractivity contribution in [2.75, 3.05) is 17.7 Å². The molecule has 0 radical (unpaired) electrons. The van der Waals surface area contributed by atoms with E-state index in [2.05, 4.69) is 15.6 Å². The van der Waals surface area contributed by atoms with Gasteiger partial charge < -0.3 is 15.4 Å². The molecule has 2 amide bonds. The molecule has 1 unspecified atom stereocenters. The zero-order valence-corrected chi connectivity index (χ0v) is 23.7. The maximum Gasteiger partial charge on any atom is 0.255 e. The highest BCUT2D eigenvalue weighted by Gasteiger charge is 2.23. The summed E-state index contributed by atoms with van der Waals surface area (Å²) in [6.45, 7) is 0. The van der Waals surface area contributed by atoms with Crippen molar-refractivity contribution in [3.05, 3.63) is 125 Å². The van der Waals surface area contributed by atoms with Crippen molar-refractivity contribution in [1.82, 2.24) is 4.98 Å². The number of carbonyl (C=O) groups is 2. The molecule has 1 heterocycles. The van der Waals surface area contributed by atoms with E-state index in [4.69, 9.17) is 16.3 Å². The summed E-state index contributed by atoms with van der Waals surface area (Å²) in [5, 5.41) is 8.43. The lowest BCUT2D eigenvalue weighted by molar-refractivity contribution is -0.115. The molecule has 200 valence electrons. The van der Waals surface area contributed by atoms with Crippen LogP contribution in [0.5, 0.6) is 5.75 Å². The van der Waals surface area contributed by atoms with Gasteiger partial charge in [0.1, 0.15) is 11.0 Å². The quantitative estimate of drug-likeness (QED) is 0.170. The third-order valence-electron chi connectivity index (χ3n) is 5.89. The number of halogens is 1. The van der Waals surface area contributed by atoms with Gasteiger partial charge >= 0.3 is 0 Å². The number of hydrogen-bond donors (Lipinski definition) is 2. The first-order chi connectivity index (χ1) is 19.5. The average molecular weight is 586 g/mol. The Labute approximate surface area is 245 Å². The molecule has 0 saturated carbocycles. The highest BCUT2D eigenvalue weighted by Crippen LogP contribution is 2.38. The second-order valence-electron chi connectivity index (χ2n) is 8.66. The smallest absolute Gasteiger partial charge is 0.255 e. The van der Waals surface area contributed by atoms with E-state index < -0.39 is 5.25 Å². The normalized spacial score (nSPS) is 11.4. The molecule has 0 saturated heterocycles. The molecule has 9 heteroatoms. The van der Waals surface area contributed by atoms with Crippen LogP contribution >= 0.6 is 34.7 Å². The minimum atomic E-state index is -0.548. The molecule has 1 aromatic heterocycles. The van der Waals surface area contributed by atoms with E-state index in [-0.39, 0.29) is 11.8 Å². The summed E-state index contributed by atoms with van der Waals surface area (Å²) in [7, 11) is 1.56. The average Bonchev–Trinajstić information content (AvgIpc) is 3.45. The topological polar surface area (TPSA) is 80.3 Å². The van der Waals surface area contributed by atoms with E-state index in [1.807, 2.05) is 84.2 Å². The molecule has 0 spiro atoms. The first-order valence-electron chi connectivity index (χ1n) is 12.3. The summed E-state index contributed by atoms with van der Waals surface area (Å²) in [6.07, 6.45) is 0. The highest BCUT2D eigenvalue weighted by molar-refractivity contribution is 8.00. The lowest BCUT2D eigenvalue weighted by Gasteiger charge is -2.17. The minimum Gasteiger partial charge on any atom is -0.497 e. The van der Waals surface area contributed by atoms with Crippen molar-refractivity contribution >= 4 is 57.3 Å². The standard InChI is InChI=1S/C31H24ClN3O3S2/c1-38-25-11-5-9-22(17-25)29(36)33-24-10-6-12-26(18-24)40-28(21-7-3-2-4-8-21)30(37)35-31-34-27(19-39-31)20-13-15-23(32)16-14-20/h2-19,28H,1H3,(H,33,36)(H,34,35,37). The molecule has 1 atom stereocenters. The largest absolute Gasteiger partial charge is 0.497 e. The number of nitrogens with zero attached hydrogens (tertiary/aromatic N) is 1. The van der Waals surface area contributed by atoms with E-state index in [1.165, 1.54) is 23.1 Å². The molecule has 5 aromatic rings. The molecule has 5 rings (SSSR count). The van der Waals surface area contributed by atoms with Gasteiger partial charge in [0.15, 0.2) is 5.13 Å². The molecule has 0 fully saturated rings. The summed E-state index contributed by atoms with van der Waals surface area (Å²) in [5.41, 5.74) is 3.64. The number of benzene rings is 4. The van der Waals surface area contributed by atoms with E-state index in [0.717, 1.165) is 21.7 Å². The lowest BCUT2D eigenvalue weighted by atomic mass is 10.1. The molecule has 0 bridgehead atoms. The number of rotatable bonds is 9. The van der Waals surface area contributed by atoms with Crippen LogP contribution < -0.4 is 15.4 Å². The van der Waals surface area contributed by atoms with Crippen LogP contribution in [-0.4, -0.2) is 23.9 Å². The summed E-state index contributed by atoms with van der Waals surface area (Å²) in [6, 6.07) is 31.4. The molecule has 2 N–H and O–H groups in total. The predicted molar refractivity (Wildman–Crippen MR) is 164 cm³/mol. The zero-order valence-electron chi connectivity index (χ0n) is 21.3. The van der Waals surface area contributed by atoms with Gasteiger partial charge in [0.05, 0.1) is 12.8 Å². The molecule has 40 heavy (non-hydrogen) atoms. The van der Waals surface area contributed by atoms with Crippen LogP contribution in [0.2, 0.25) is 5.02 Å². The molecular weight excluding hydrogens is 562 g/mol. The summed E-state index contributed by atoms with van der Waals surface area (Å²) in [4.78, 5) is 31.8. The van der Waals surface area contributed by atoms with Gasteiger partial charge in [-0.15, -0.1) is 23.1 Å². The molecule has 0 aliphatic rings. The van der Waals surface area contributed by atoms with Gasteiger partial charge in [-0.05, 0) is 54.1 Å². The van der Waals surface area contributed by atoms with Crippen molar-refractivity contribution in [1.29, 1.82) is 0 Å². The van der Waals surface area contributed by atoms with E-state index >= 15 is 0 Å². The number of aromatic nitrogens is 1. The van der Waals surface area contributed by atoms with Crippen molar-refractivity contribution in [2.24, 2.45) is 0 Å². The van der Waals surface area contributed by atoms with Crippen LogP contribution in [0.15, 0.2) is 113 Å². The fraction of sp³-hybridized carbons (Fsp3) is 0.0645. The van der Waals surface area contributed by atoms with Crippen molar-refractivity contribution < 1.29 is 14.3 Å². The number of carbonyl (C=O) groups excluding carboxylic acids is 2. The third-order valence-corrected chi connectivity index (χ3v) is 8.15. The van der Waals surface area contributed by atoms with Gasteiger partial charge in [-0.2, -0.15) is 0 Å². The van der Waals surface area contributed by atoms with Crippen molar-refractivity contribution in [2.45, 2.75) is 10.1 Å². The molecule has 0 aliphatic carbocycles. The van der Waals surface area contributed by atoms with Gasteiger partial charge in [0, 0.05) is 32.1 Å². The van der Waals surface area contributed by atoms with Crippen LogP contribution in [0, 0.1) is 0 Å². The molecule has 0 aliphatic heterocycles. The maximum absolute atomic E-state index is 13.6. The van der Waals surface area contributed by atoms with Crippen LogP contribution in [0.3, 0.4) is 0 Å². The van der Waals surface area contributed by atoms with Crippen LogP contribution in [0.25, 0.3) is 11.3 Å². The number of thiazole rings is 1. The maximum atomic E-state index is 13.6. The van der Waals surface area contributed by atoms with E-state index in [1.54, 1.807) is 31.4 Å². The number of amides is 2. The number of nitrogens with one attached hydrogen (secondary N) is 2. The molecule has 4 aromatic carbocycles. The fourth-order valence-electron chi connectivity index (χ4n) is 3.91. The Kier molecular flexibility index (Phi) is 8.81. The Hall–Kier alpha value is -4.11. The lowest BCUT2D eigenvalue weighted by Crippen LogP contribution is -2.19. The van der Waals surface area contributed by atoms with Crippen molar-refractivity contribution in [3.63, 3.8) is 0 Å². The molecular formula is C31H24ClN3O3S2. The SMILES string of the molecule is COc1cccc(C(=O)Nc2cccc(SC(C(=O)Nc3nc(-c4ccc(Cl)cc4)cs3)c3ccccc3)c2)c1. The summed E-state index contributed by atoms with van der Waals surface area (Å²) < 4.78 is 5.22. The van der Waals surface area contributed by atoms with Crippen LogP contribution in [-0.2, 0) is 4.79 Å². The Balaban J connectivity index is 1.33. The summed E-state index contributed by atoms with van der Waals surface area (Å²) in [5.74, 6) is 0.159. The Morgan fingerprint density at radius 3 is 2.45 bits per heavy atom. The summed E-state index contributed by atoms with van der Waals surface area (Å²) >= 11 is 8.76. The number of thioether (sulfide) groups is 1. The van der Waals surface area contributed by atoms with Gasteiger partial charge in [0.2, 0.25) is 5.91 Å². The van der Waals surface area contributed by atoms with Crippen LogP contribution in [0.1, 0.15) is 21.2 Å². The number of ether oxygens (including phenoxy) is 1. The highest BCUT2D eigenvalue weighted by atomic mass is 35.5. The minimum absolute atomic E-state index is 0.195. The Morgan fingerprint density at radius 1 is 0.900 bits per heavy atom. The fourth-order valence-corrected chi connectivity index (χ4v) is 5.84.